The molecule has 5 radical (unpaired) electrons. The molecule has 0 aliphatic carbocycles. The molecule has 0 aromatic carbocycles. The van der Waals surface area contributed by atoms with Gasteiger partial charge in [-0.05, 0) is 17.6 Å². The predicted octanol–water partition coefficient (Wildman–Crippen LogP) is -5.55. The predicted molar refractivity (Wildman–Crippen MR) is 60.5 cm³/mol. The van der Waals surface area contributed by atoms with Crippen molar-refractivity contribution in [1.29, 1.82) is 0 Å². The summed E-state index contributed by atoms with van der Waals surface area (Å²) in [5.41, 5.74) is 0.483. The molecule has 0 aromatic rings. The molecule has 1 heterocycles. The Hall–Kier alpha value is 1.94. The van der Waals surface area contributed by atoms with Gasteiger partial charge in [-0.1, -0.05) is 0 Å². The van der Waals surface area contributed by atoms with E-state index in [1.54, 1.807) is 0 Å². The van der Waals surface area contributed by atoms with Gasteiger partial charge in [0.05, 0.1) is 0 Å². The SMILES string of the molecule is O.O.O.O.OC(O)C1=C(C(O)O)C[N-]CC1.[Mn].[Mn].[Mn].[Mn].[Mn].[OH3+]. The molecule has 145 valence electrons. The second-order valence-electron chi connectivity index (χ2n) is 2.65. The molecule has 1 aliphatic rings. The summed E-state index contributed by atoms with van der Waals surface area (Å²) in [6, 6.07) is 0. The van der Waals surface area contributed by atoms with Gasteiger partial charge in [-0.15, -0.1) is 13.1 Å². The zero-order valence-corrected chi connectivity index (χ0v) is 16.9. The van der Waals surface area contributed by atoms with Gasteiger partial charge < -0.3 is 53.1 Å². The summed E-state index contributed by atoms with van der Waals surface area (Å²) in [4.78, 5) is 0. The van der Waals surface area contributed by atoms with Crippen molar-refractivity contribution in [2.45, 2.75) is 19.0 Å². The minimum atomic E-state index is -1.63. The maximum Gasteiger partial charge on any atom is 0.174 e. The van der Waals surface area contributed by atoms with Crippen molar-refractivity contribution in [3.05, 3.63) is 16.5 Å². The molecular weight excluding hydrogens is 517 g/mol. The van der Waals surface area contributed by atoms with Crippen LogP contribution in [0.15, 0.2) is 11.1 Å². The van der Waals surface area contributed by atoms with Gasteiger partial charge in [-0.2, -0.15) is 0 Å². The van der Waals surface area contributed by atoms with Crippen LogP contribution in [0.3, 0.4) is 0 Å². The number of nitrogens with zero attached hydrogens (tertiary/aromatic N) is 1. The minimum absolute atomic E-state index is 0. The molecular formula is C7H23Mn5NO9. The molecule has 1 rings (SSSR count). The number of aliphatic hydroxyl groups excluding tert-OH is 2. The zero-order chi connectivity index (χ0) is 9.14. The van der Waals surface area contributed by atoms with Crippen LogP contribution in [0, 0.1) is 0 Å². The summed E-state index contributed by atoms with van der Waals surface area (Å²) in [7, 11) is 0. The molecule has 1 aliphatic heterocycles. The number of hydrogen-bond acceptors (Lipinski definition) is 4. The van der Waals surface area contributed by atoms with E-state index in [0.29, 0.717) is 13.0 Å². The summed E-state index contributed by atoms with van der Waals surface area (Å²) in [6.45, 7) is 0.674. The fourth-order valence-electron chi connectivity index (χ4n) is 1.20. The normalized spacial score (nSPS) is 10.6. The summed E-state index contributed by atoms with van der Waals surface area (Å²) < 4.78 is 0. The topological polar surface area (TPSA) is 254 Å². The molecule has 0 amide bonds. The minimum Gasteiger partial charge on any atom is -0.658 e. The van der Waals surface area contributed by atoms with Crippen LogP contribution in [0.5, 0.6) is 0 Å². The molecule has 0 unspecified atom stereocenters. The Balaban J connectivity index is -0.0000000180. The van der Waals surface area contributed by atoms with Gasteiger partial charge in [-0.3, -0.25) is 0 Å². The Morgan fingerprint density at radius 1 is 0.682 bits per heavy atom. The first-order valence-corrected chi connectivity index (χ1v) is 3.70. The number of aliphatic hydroxyl groups is 4. The standard InChI is InChI=1S/C7H12NO4.5Mn.5H2O/c9-6(10)4-1-2-8-3-5(4)7(11)12;;;;;;;;;;/h6-7,9-12H,1-3H2;;;;;;5*1H2/q-1;;;;;;;;;;/p+1. The van der Waals surface area contributed by atoms with E-state index in [4.69, 9.17) is 20.4 Å². The van der Waals surface area contributed by atoms with Crippen LogP contribution in [0.1, 0.15) is 6.42 Å². The van der Waals surface area contributed by atoms with E-state index in [0.717, 1.165) is 0 Å². The van der Waals surface area contributed by atoms with E-state index >= 15 is 0 Å². The van der Waals surface area contributed by atoms with Gasteiger partial charge in [0.1, 0.15) is 0 Å². The molecule has 0 atom stereocenters. The van der Waals surface area contributed by atoms with Crippen molar-refractivity contribution >= 4 is 0 Å². The summed E-state index contributed by atoms with van der Waals surface area (Å²) in [6.07, 6.45) is -2.85. The Kier molecular flexibility index (Phi) is 101. The molecule has 15 heteroatoms. The van der Waals surface area contributed by atoms with E-state index in [1.807, 2.05) is 0 Å². The van der Waals surface area contributed by atoms with Gasteiger partial charge in [-0.25, -0.2) is 0 Å². The van der Waals surface area contributed by atoms with Crippen molar-refractivity contribution in [1.82, 2.24) is 0 Å². The summed E-state index contributed by atoms with van der Waals surface area (Å²) in [5.74, 6) is 0. The van der Waals surface area contributed by atoms with Gasteiger partial charge in [0.25, 0.3) is 0 Å². The fourth-order valence-corrected chi connectivity index (χ4v) is 1.20. The third kappa shape index (κ3) is 21.9. The third-order valence-corrected chi connectivity index (χ3v) is 1.86. The molecule has 0 aromatic heterocycles. The molecule has 0 fully saturated rings. The Morgan fingerprint density at radius 2 is 1.00 bits per heavy atom. The van der Waals surface area contributed by atoms with E-state index in [9.17, 15) is 0 Å². The van der Waals surface area contributed by atoms with E-state index in [-0.39, 0.29) is 130 Å². The first-order valence-electron chi connectivity index (χ1n) is 3.70. The number of hydrogen-bond donors (Lipinski definition) is 4. The van der Waals surface area contributed by atoms with Crippen LogP contribution in [-0.2, 0) is 90.8 Å². The average Bonchev–Trinajstić information content (AvgIpc) is 2.04. The van der Waals surface area contributed by atoms with E-state index in [1.165, 1.54) is 0 Å². The fraction of sp³-hybridized carbons (Fsp3) is 0.714. The van der Waals surface area contributed by atoms with Crippen LogP contribution in [0.2, 0.25) is 0 Å². The summed E-state index contributed by atoms with van der Waals surface area (Å²) >= 11 is 0. The van der Waals surface area contributed by atoms with Gasteiger partial charge in [0, 0.05) is 85.3 Å². The Bertz CT molecular complexity index is 191. The van der Waals surface area contributed by atoms with Gasteiger partial charge >= 0.3 is 0 Å². The second-order valence-corrected chi connectivity index (χ2v) is 2.65. The Morgan fingerprint density at radius 3 is 1.23 bits per heavy atom. The largest absolute Gasteiger partial charge is 0.658 e. The van der Waals surface area contributed by atoms with Crippen LogP contribution in [-0.4, -0.2) is 68.0 Å². The van der Waals surface area contributed by atoms with Gasteiger partial charge in [0.15, 0.2) is 12.6 Å². The Labute approximate surface area is 180 Å². The van der Waals surface area contributed by atoms with Crippen molar-refractivity contribution < 1.29 is 133 Å². The average molecular weight is 540 g/mol. The maximum atomic E-state index is 8.83. The van der Waals surface area contributed by atoms with E-state index < -0.39 is 12.6 Å². The zero-order valence-electron chi connectivity index (χ0n) is 11.0. The van der Waals surface area contributed by atoms with Crippen molar-refractivity contribution in [2.75, 3.05) is 13.1 Å². The molecule has 0 saturated heterocycles. The quantitative estimate of drug-likeness (QED) is 0.116. The molecule has 15 N–H and O–H groups in total. The monoisotopic (exact) mass is 540 g/mol. The van der Waals surface area contributed by atoms with Crippen molar-refractivity contribution in [2.24, 2.45) is 0 Å². The number of rotatable bonds is 2. The van der Waals surface area contributed by atoms with E-state index in [2.05, 4.69) is 5.32 Å². The first kappa shape index (κ1) is 64.8. The first-order chi connectivity index (χ1) is 5.63. The van der Waals surface area contributed by atoms with Crippen LogP contribution < -0.4 is 0 Å². The van der Waals surface area contributed by atoms with Crippen molar-refractivity contribution in [3.63, 3.8) is 0 Å². The summed E-state index contributed by atoms with van der Waals surface area (Å²) in [5, 5.41) is 39.2. The molecule has 0 bridgehead atoms. The maximum absolute atomic E-state index is 8.83. The molecule has 0 saturated carbocycles. The van der Waals surface area contributed by atoms with Gasteiger partial charge in [0.2, 0.25) is 0 Å². The second kappa shape index (κ2) is 34.3. The smallest absolute Gasteiger partial charge is 0.174 e. The van der Waals surface area contributed by atoms with Crippen LogP contribution in [0.25, 0.3) is 5.32 Å². The molecule has 22 heavy (non-hydrogen) atoms. The third-order valence-electron chi connectivity index (χ3n) is 1.86. The van der Waals surface area contributed by atoms with Crippen molar-refractivity contribution in [3.8, 4) is 0 Å². The molecule has 0 spiro atoms. The van der Waals surface area contributed by atoms with Crippen LogP contribution in [0.4, 0.5) is 0 Å². The molecule has 10 nitrogen and oxygen atoms in total. The van der Waals surface area contributed by atoms with Crippen LogP contribution >= 0.6 is 0 Å².